The summed E-state index contributed by atoms with van der Waals surface area (Å²) in [5.74, 6) is -0.897. The van der Waals surface area contributed by atoms with Crippen molar-refractivity contribution in [2.45, 2.75) is 12.7 Å². The van der Waals surface area contributed by atoms with Crippen LogP contribution in [0.5, 0.6) is 0 Å². The molecular weight excluding hydrogens is 411 g/mol. The monoisotopic (exact) mass is 429 g/mol. The van der Waals surface area contributed by atoms with Crippen LogP contribution in [0.1, 0.15) is 0 Å². The molecule has 0 aliphatic heterocycles. The summed E-state index contributed by atoms with van der Waals surface area (Å²) in [6.07, 6.45) is -1.38. The first kappa shape index (κ1) is 20.5. The highest BCUT2D eigenvalue weighted by molar-refractivity contribution is 5.95. The summed E-state index contributed by atoms with van der Waals surface area (Å²) in [6.45, 7) is -1.96. The summed E-state index contributed by atoms with van der Waals surface area (Å²) in [7, 11) is 1.83. The van der Waals surface area contributed by atoms with E-state index >= 15 is 0 Å². The van der Waals surface area contributed by atoms with Gasteiger partial charge in [0, 0.05) is 24.3 Å². The number of carbonyl (C=O) groups excluding carboxylic acids is 1. The molecule has 1 amide bonds. The third-order valence-corrected chi connectivity index (χ3v) is 4.83. The highest BCUT2D eigenvalue weighted by Crippen LogP contribution is 2.26. The van der Waals surface area contributed by atoms with E-state index in [0.717, 1.165) is 21.2 Å². The van der Waals surface area contributed by atoms with Gasteiger partial charge in [0.15, 0.2) is 0 Å². The smallest absolute Gasteiger partial charge is 0.355 e. The van der Waals surface area contributed by atoms with Crippen LogP contribution in [-0.2, 0) is 18.4 Å². The molecular formula is C21H18F3N5O2. The first-order valence-corrected chi connectivity index (χ1v) is 9.36. The zero-order valence-corrected chi connectivity index (χ0v) is 16.4. The fourth-order valence-electron chi connectivity index (χ4n) is 3.34. The van der Waals surface area contributed by atoms with Gasteiger partial charge >= 0.3 is 6.18 Å². The summed E-state index contributed by atoms with van der Waals surface area (Å²) in [6, 6.07) is 12.6. The number of alkyl halides is 3. The number of aryl methyl sites for hydroxylation is 1. The number of nitrogens with one attached hydrogen (secondary N) is 2. The number of pyridine rings is 1. The SMILES string of the molecule is Cn1ncc2ccc(Nc3cccc4ccn(CC(=O)NCC(F)(F)F)c(=O)c34)cc21. The van der Waals surface area contributed by atoms with Crippen LogP contribution < -0.4 is 16.2 Å². The summed E-state index contributed by atoms with van der Waals surface area (Å²) >= 11 is 0. The lowest BCUT2D eigenvalue weighted by Gasteiger charge is -2.13. The Morgan fingerprint density at radius 1 is 1.13 bits per heavy atom. The number of nitrogens with zero attached hydrogens (tertiary/aromatic N) is 3. The van der Waals surface area contributed by atoms with Gasteiger partial charge in [0.25, 0.3) is 5.56 Å². The topological polar surface area (TPSA) is 81.0 Å². The molecule has 0 atom stereocenters. The molecule has 2 N–H and O–H groups in total. The number of halogens is 3. The Morgan fingerprint density at radius 3 is 2.71 bits per heavy atom. The third kappa shape index (κ3) is 4.37. The van der Waals surface area contributed by atoms with Gasteiger partial charge in [-0.2, -0.15) is 18.3 Å². The van der Waals surface area contributed by atoms with Crippen molar-refractivity contribution in [2.24, 2.45) is 7.05 Å². The van der Waals surface area contributed by atoms with E-state index in [1.54, 1.807) is 40.5 Å². The lowest BCUT2D eigenvalue weighted by molar-refractivity contribution is -0.138. The Hall–Kier alpha value is -3.82. The molecule has 2 aromatic carbocycles. The van der Waals surface area contributed by atoms with Crippen molar-refractivity contribution in [1.29, 1.82) is 0 Å². The van der Waals surface area contributed by atoms with Crippen molar-refractivity contribution in [2.75, 3.05) is 11.9 Å². The van der Waals surface area contributed by atoms with E-state index in [1.807, 2.05) is 25.2 Å². The van der Waals surface area contributed by atoms with Crippen LogP contribution in [0.3, 0.4) is 0 Å². The van der Waals surface area contributed by atoms with Gasteiger partial charge in [-0.05, 0) is 35.7 Å². The van der Waals surface area contributed by atoms with Gasteiger partial charge in [-0.3, -0.25) is 14.3 Å². The number of fused-ring (bicyclic) bond motifs is 2. The molecule has 0 aliphatic carbocycles. The number of rotatable bonds is 5. The van der Waals surface area contributed by atoms with Gasteiger partial charge in [0.2, 0.25) is 5.91 Å². The van der Waals surface area contributed by atoms with E-state index in [9.17, 15) is 22.8 Å². The first-order chi connectivity index (χ1) is 14.7. The molecule has 0 saturated heterocycles. The Kier molecular flexibility index (Phi) is 5.14. The van der Waals surface area contributed by atoms with E-state index < -0.39 is 30.7 Å². The molecule has 0 saturated carbocycles. The number of anilines is 2. The van der Waals surface area contributed by atoms with Gasteiger partial charge < -0.3 is 15.2 Å². The van der Waals surface area contributed by atoms with Gasteiger partial charge in [-0.15, -0.1) is 0 Å². The number of hydrogen-bond acceptors (Lipinski definition) is 4. The molecule has 31 heavy (non-hydrogen) atoms. The summed E-state index contributed by atoms with van der Waals surface area (Å²) < 4.78 is 39.7. The van der Waals surface area contributed by atoms with Crippen LogP contribution in [0.15, 0.2) is 59.7 Å². The number of aromatic nitrogens is 3. The first-order valence-electron chi connectivity index (χ1n) is 9.36. The maximum Gasteiger partial charge on any atom is 0.405 e. The number of hydrogen-bond donors (Lipinski definition) is 2. The maximum absolute atomic E-state index is 13.0. The fourth-order valence-corrected chi connectivity index (χ4v) is 3.34. The number of carbonyl (C=O) groups is 1. The Balaban J connectivity index is 1.66. The second kappa shape index (κ2) is 7.78. The van der Waals surface area contributed by atoms with Crippen LogP contribution in [0.2, 0.25) is 0 Å². The van der Waals surface area contributed by atoms with E-state index in [4.69, 9.17) is 0 Å². The molecule has 4 rings (SSSR count). The van der Waals surface area contributed by atoms with Crippen molar-refractivity contribution in [3.05, 3.63) is 65.2 Å². The lowest BCUT2D eigenvalue weighted by Crippen LogP contribution is -2.37. The predicted octanol–water partition coefficient (Wildman–Crippen LogP) is 3.31. The van der Waals surface area contributed by atoms with Crippen molar-refractivity contribution in [3.63, 3.8) is 0 Å². The van der Waals surface area contributed by atoms with Crippen LogP contribution >= 0.6 is 0 Å². The Morgan fingerprint density at radius 2 is 1.94 bits per heavy atom. The van der Waals surface area contributed by atoms with Crippen molar-refractivity contribution < 1.29 is 18.0 Å². The molecule has 0 bridgehead atoms. The van der Waals surface area contributed by atoms with Crippen molar-refractivity contribution in [3.8, 4) is 0 Å². The normalized spacial score (nSPS) is 11.7. The quantitative estimate of drug-likeness (QED) is 0.510. The van der Waals surface area contributed by atoms with E-state index in [0.29, 0.717) is 16.5 Å². The number of benzene rings is 2. The maximum atomic E-state index is 13.0. The minimum atomic E-state index is -4.52. The molecule has 2 heterocycles. The highest BCUT2D eigenvalue weighted by Gasteiger charge is 2.27. The highest BCUT2D eigenvalue weighted by atomic mass is 19.4. The van der Waals surface area contributed by atoms with Crippen LogP contribution in [-0.4, -0.2) is 33.0 Å². The molecule has 0 spiro atoms. The molecule has 0 aliphatic rings. The standard InChI is InChI=1S/C21H18F3N5O2/c1-28-17-9-15(6-5-14(17)10-26-28)27-16-4-2-3-13-7-8-29(20(31)19(13)16)11-18(30)25-12-21(22,23)24/h2-10,27H,11-12H2,1H3,(H,25,30). The predicted molar refractivity (Wildman–Crippen MR) is 111 cm³/mol. The lowest BCUT2D eigenvalue weighted by atomic mass is 10.1. The van der Waals surface area contributed by atoms with Gasteiger partial charge in [0.05, 0.1) is 22.8 Å². The molecule has 7 nitrogen and oxygen atoms in total. The van der Waals surface area contributed by atoms with Crippen molar-refractivity contribution in [1.82, 2.24) is 19.7 Å². The molecule has 160 valence electrons. The molecule has 0 unspecified atom stereocenters. The van der Waals surface area contributed by atoms with E-state index in [-0.39, 0.29) is 0 Å². The Labute approximate surface area is 174 Å². The largest absolute Gasteiger partial charge is 0.405 e. The molecule has 4 aromatic rings. The van der Waals surface area contributed by atoms with Gasteiger partial charge in [0.1, 0.15) is 13.1 Å². The number of amides is 1. The van der Waals surface area contributed by atoms with Crippen LogP contribution in [0.4, 0.5) is 24.5 Å². The van der Waals surface area contributed by atoms with Crippen LogP contribution in [0, 0.1) is 0 Å². The average molecular weight is 429 g/mol. The van der Waals surface area contributed by atoms with E-state index in [2.05, 4.69) is 10.4 Å². The summed E-state index contributed by atoms with van der Waals surface area (Å²) in [5.41, 5.74) is 1.68. The third-order valence-electron chi connectivity index (χ3n) is 4.83. The molecule has 2 aromatic heterocycles. The fraction of sp³-hybridized carbons (Fsp3) is 0.190. The minimum Gasteiger partial charge on any atom is -0.355 e. The zero-order chi connectivity index (χ0) is 22.2. The average Bonchev–Trinajstić information content (AvgIpc) is 3.08. The van der Waals surface area contributed by atoms with Gasteiger partial charge in [-0.25, -0.2) is 0 Å². The van der Waals surface area contributed by atoms with Gasteiger partial charge in [-0.1, -0.05) is 12.1 Å². The Bertz CT molecular complexity index is 1340. The van der Waals surface area contributed by atoms with Crippen LogP contribution in [0.25, 0.3) is 21.7 Å². The molecule has 10 heteroatoms. The summed E-state index contributed by atoms with van der Waals surface area (Å²) in [5, 5.41) is 11.1. The second-order valence-electron chi connectivity index (χ2n) is 7.08. The molecule has 0 radical (unpaired) electrons. The zero-order valence-electron chi connectivity index (χ0n) is 16.4. The molecule has 0 fully saturated rings. The summed E-state index contributed by atoms with van der Waals surface area (Å²) in [4.78, 5) is 24.9. The minimum absolute atomic E-state index is 0.332. The second-order valence-corrected chi connectivity index (χ2v) is 7.08. The van der Waals surface area contributed by atoms with E-state index in [1.165, 1.54) is 6.20 Å². The van der Waals surface area contributed by atoms with Crippen molar-refractivity contribution >= 4 is 39.0 Å².